The summed E-state index contributed by atoms with van der Waals surface area (Å²) in [6, 6.07) is 11.3. The van der Waals surface area contributed by atoms with Gasteiger partial charge in [0.1, 0.15) is 5.15 Å². The Hall–Kier alpha value is -1.87. The Bertz CT molecular complexity index is 763. The SMILES string of the molecule is CCNC(=NCc1ccc(C(=O)N(C)C)cc1)NCCc1ccc(Cl)nc1.I. The van der Waals surface area contributed by atoms with Crippen LogP contribution >= 0.6 is 35.6 Å². The van der Waals surface area contributed by atoms with E-state index >= 15 is 0 Å². The van der Waals surface area contributed by atoms with Crippen LogP contribution in [-0.2, 0) is 13.0 Å². The number of amides is 1. The summed E-state index contributed by atoms with van der Waals surface area (Å²) in [5.41, 5.74) is 2.84. The number of carbonyl (C=O) groups excluding carboxylic acids is 1. The Kier molecular flexibility index (Phi) is 10.8. The van der Waals surface area contributed by atoms with Crippen molar-refractivity contribution >= 4 is 47.4 Å². The van der Waals surface area contributed by atoms with E-state index in [9.17, 15) is 4.79 Å². The Morgan fingerprint density at radius 3 is 2.36 bits per heavy atom. The number of rotatable bonds is 7. The Morgan fingerprint density at radius 1 is 1.11 bits per heavy atom. The molecule has 0 saturated heterocycles. The van der Waals surface area contributed by atoms with E-state index in [-0.39, 0.29) is 29.9 Å². The lowest BCUT2D eigenvalue weighted by atomic mass is 10.1. The van der Waals surface area contributed by atoms with Crippen molar-refractivity contribution in [2.24, 2.45) is 4.99 Å². The van der Waals surface area contributed by atoms with Crippen LogP contribution in [0.2, 0.25) is 5.15 Å². The van der Waals surface area contributed by atoms with E-state index in [2.05, 4.69) is 20.6 Å². The number of benzene rings is 1. The standard InChI is InChI=1S/C20H26ClN5O.HI/c1-4-22-20(23-12-11-16-7-10-18(21)24-13-16)25-14-15-5-8-17(9-6-15)19(27)26(2)3;/h5-10,13H,4,11-12,14H2,1-3H3,(H2,22,23,25);1H. The van der Waals surface area contributed by atoms with Crippen molar-refractivity contribution in [2.45, 2.75) is 19.9 Å². The molecule has 0 aliphatic carbocycles. The zero-order chi connectivity index (χ0) is 19.6. The van der Waals surface area contributed by atoms with E-state index in [1.807, 2.05) is 37.3 Å². The van der Waals surface area contributed by atoms with Crippen LogP contribution in [0, 0.1) is 0 Å². The summed E-state index contributed by atoms with van der Waals surface area (Å²) in [4.78, 5) is 22.2. The fourth-order valence-corrected chi connectivity index (χ4v) is 2.51. The number of guanidine groups is 1. The number of nitrogens with one attached hydrogen (secondary N) is 2. The number of aliphatic imine (C=N–C) groups is 1. The highest BCUT2D eigenvalue weighted by atomic mass is 127. The van der Waals surface area contributed by atoms with Crippen molar-refractivity contribution < 1.29 is 4.79 Å². The van der Waals surface area contributed by atoms with E-state index in [0.29, 0.717) is 17.3 Å². The van der Waals surface area contributed by atoms with Crippen LogP contribution in [0.4, 0.5) is 0 Å². The monoisotopic (exact) mass is 515 g/mol. The molecule has 28 heavy (non-hydrogen) atoms. The van der Waals surface area contributed by atoms with E-state index in [4.69, 9.17) is 11.6 Å². The summed E-state index contributed by atoms with van der Waals surface area (Å²) in [5.74, 6) is 0.754. The van der Waals surface area contributed by atoms with Crippen molar-refractivity contribution in [1.29, 1.82) is 0 Å². The highest BCUT2D eigenvalue weighted by Crippen LogP contribution is 2.08. The van der Waals surface area contributed by atoms with Gasteiger partial charge in [0.05, 0.1) is 6.54 Å². The van der Waals surface area contributed by atoms with Crippen molar-refractivity contribution in [1.82, 2.24) is 20.5 Å². The maximum absolute atomic E-state index is 11.9. The average molecular weight is 516 g/mol. The maximum atomic E-state index is 11.9. The van der Waals surface area contributed by atoms with Crippen molar-refractivity contribution in [3.05, 3.63) is 64.4 Å². The number of hydrogen-bond donors (Lipinski definition) is 2. The van der Waals surface area contributed by atoms with Gasteiger partial charge in [-0.3, -0.25) is 4.79 Å². The van der Waals surface area contributed by atoms with Crippen molar-refractivity contribution in [3.63, 3.8) is 0 Å². The van der Waals surface area contributed by atoms with E-state index in [1.165, 1.54) is 0 Å². The highest BCUT2D eigenvalue weighted by molar-refractivity contribution is 14.0. The molecule has 1 aromatic heterocycles. The summed E-state index contributed by atoms with van der Waals surface area (Å²) in [6.07, 6.45) is 2.61. The van der Waals surface area contributed by atoms with Gasteiger partial charge in [0.15, 0.2) is 5.96 Å². The van der Waals surface area contributed by atoms with Crippen molar-refractivity contribution in [2.75, 3.05) is 27.2 Å². The molecule has 1 amide bonds. The predicted octanol–water partition coefficient (Wildman–Crippen LogP) is 3.35. The number of carbonyl (C=O) groups is 1. The molecule has 0 spiro atoms. The Labute approximate surface area is 188 Å². The van der Waals surface area contributed by atoms with Gasteiger partial charge in [-0.15, -0.1) is 24.0 Å². The zero-order valence-corrected chi connectivity index (χ0v) is 19.5. The molecule has 0 aliphatic heterocycles. The smallest absolute Gasteiger partial charge is 0.253 e. The quantitative estimate of drug-likeness (QED) is 0.257. The molecule has 2 rings (SSSR count). The fourth-order valence-electron chi connectivity index (χ4n) is 2.40. The molecule has 2 N–H and O–H groups in total. The largest absolute Gasteiger partial charge is 0.357 e. The minimum atomic E-state index is -0.00301. The second-order valence-electron chi connectivity index (χ2n) is 6.26. The molecule has 152 valence electrons. The molecule has 6 nitrogen and oxygen atoms in total. The predicted molar refractivity (Wildman–Crippen MR) is 126 cm³/mol. The van der Waals surface area contributed by atoms with Crippen LogP contribution in [0.1, 0.15) is 28.4 Å². The molecule has 1 aromatic carbocycles. The third kappa shape index (κ3) is 8.02. The first-order chi connectivity index (χ1) is 13.0. The van der Waals surface area contributed by atoms with Crippen LogP contribution < -0.4 is 10.6 Å². The number of nitrogens with zero attached hydrogens (tertiary/aromatic N) is 3. The molecule has 2 aromatic rings. The first-order valence-electron chi connectivity index (χ1n) is 8.92. The summed E-state index contributed by atoms with van der Waals surface area (Å²) in [5, 5.41) is 7.05. The molecule has 0 atom stereocenters. The maximum Gasteiger partial charge on any atom is 0.253 e. The topological polar surface area (TPSA) is 69.6 Å². The first-order valence-corrected chi connectivity index (χ1v) is 9.30. The minimum absolute atomic E-state index is 0. The number of aromatic nitrogens is 1. The van der Waals surface area contributed by atoms with Crippen LogP contribution in [0.5, 0.6) is 0 Å². The van der Waals surface area contributed by atoms with Gasteiger partial charge in [0.25, 0.3) is 5.91 Å². The van der Waals surface area contributed by atoms with Gasteiger partial charge in [-0.05, 0) is 42.7 Å². The van der Waals surface area contributed by atoms with E-state index in [1.54, 1.807) is 31.3 Å². The lowest BCUT2D eigenvalue weighted by Crippen LogP contribution is -2.38. The van der Waals surface area contributed by atoms with Gasteiger partial charge < -0.3 is 15.5 Å². The lowest BCUT2D eigenvalue weighted by molar-refractivity contribution is 0.0827. The number of halogens is 2. The average Bonchev–Trinajstić information content (AvgIpc) is 2.67. The zero-order valence-electron chi connectivity index (χ0n) is 16.4. The Balaban J connectivity index is 0.00000392. The molecule has 0 aliphatic rings. The number of pyridine rings is 1. The fraction of sp³-hybridized carbons (Fsp3) is 0.350. The highest BCUT2D eigenvalue weighted by Gasteiger charge is 2.07. The molecule has 0 radical (unpaired) electrons. The van der Waals surface area contributed by atoms with E-state index in [0.717, 1.165) is 36.6 Å². The van der Waals surface area contributed by atoms with Gasteiger partial charge in [-0.2, -0.15) is 0 Å². The number of hydrogen-bond acceptors (Lipinski definition) is 3. The minimum Gasteiger partial charge on any atom is -0.357 e. The molecule has 8 heteroatoms. The molecule has 0 bridgehead atoms. The van der Waals surface area contributed by atoms with Crippen LogP contribution in [0.3, 0.4) is 0 Å². The third-order valence-electron chi connectivity index (χ3n) is 3.87. The second-order valence-corrected chi connectivity index (χ2v) is 6.64. The van der Waals surface area contributed by atoms with Gasteiger partial charge in [-0.1, -0.05) is 29.8 Å². The summed E-state index contributed by atoms with van der Waals surface area (Å²) in [6.45, 7) is 4.09. The van der Waals surface area contributed by atoms with Gasteiger partial charge in [0.2, 0.25) is 0 Å². The molecular weight excluding hydrogens is 489 g/mol. The molecule has 1 heterocycles. The summed E-state index contributed by atoms with van der Waals surface area (Å²) >= 11 is 5.80. The second kappa shape index (κ2) is 12.6. The van der Waals surface area contributed by atoms with E-state index < -0.39 is 0 Å². The molecule has 0 fully saturated rings. The third-order valence-corrected chi connectivity index (χ3v) is 4.09. The van der Waals surface area contributed by atoms with Crippen LogP contribution in [0.15, 0.2) is 47.6 Å². The van der Waals surface area contributed by atoms with Gasteiger partial charge in [0, 0.05) is 38.9 Å². The first kappa shape index (κ1) is 24.2. The molecule has 0 saturated carbocycles. The molecular formula is C20H27ClIN5O. The summed E-state index contributed by atoms with van der Waals surface area (Å²) < 4.78 is 0. The van der Waals surface area contributed by atoms with Crippen LogP contribution in [0.25, 0.3) is 0 Å². The van der Waals surface area contributed by atoms with Crippen molar-refractivity contribution in [3.8, 4) is 0 Å². The molecule has 0 unspecified atom stereocenters. The Morgan fingerprint density at radius 2 is 1.79 bits per heavy atom. The van der Waals surface area contributed by atoms with Gasteiger partial charge in [-0.25, -0.2) is 9.98 Å². The summed E-state index contributed by atoms with van der Waals surface area (Å²) in [7, 11) is 3.49. The van der Waals surface area contributed by atoms with Crippen LogP contribution in [-0.4, -0.2) is 48.9 Å². The lowest BCUT2D eigenvalue weighted by Gasteiger charge is -2.12. The van der Waals surface area contributed by atoms with Gasteiger partial charge >= 0.3 is 0 Å². The normalized spacial score (nSPS) is 10.8.